The fraction of sp³-hybridized carbons (Fsp3) is 0.412. The number of aryl methyl sites for hydroxylation is 1. The fourth-order valence-corrected chi connectivity index (χ4v) is 2.86. The normalized spacial score (nSPS) is 13.5. The van der Waals surface area contributed by atoms with E-state index in [1.165, 1.54) is 0 Å². The predicted molar refractivity (Wildman–Crippen MR) is 92.4 cm³/mol. The maximum absolute atomic E-state index is 12.3. The molecule has 0 spiro atoms. The summed E-state index contributed by atoms with van der Waals surface area (Å²) in [6.45, 7) is 7.51. The van der Waals surface area contributed by atoms with Gasteiger partial charge in [-0.1, -0.05) is 5.16 Å². The molecule has 0 radical (unpaired) electrons. The van der Waals surface area contributed by atoms with E-state index in [2.05, 4.69) is 20.8 Å². The molecule has 2 N–H and O–H groups in total. The van der Waals surface area contributed by atoms with Gasteiger partial charge in [-0.15, -0.1) is 0 Å². The Bertz CT molecular complexity index is 827. The molecule has 3 amide bonds. The molecular weight excluding hydrogens is 322 g/mol. The highest BCUT2D eigenvalue weighted by atomic mass is 16.5. The van der Waals surface area contributed by atoms with Gasteiger partial charge in [0, 0.05) is 24.8 Å². The van der Waals surface area contributed by atoms with E-state index in [4.69, 9.17) is 4.52 Å². The van der Waals surface area contributed by atoms with Crippen molar-refractivity contribution in [3.8, 4) is 0 Å². The van der Waals surface area contributed by atoms with Crippen LogP contribution in [0.25, 0.3) is 0 Å². The van der Waals surface area contributed by atoms with Crippen molar-refractivity contribution in [3.63, 3.8) is 0 Å². The second kappa shape index (κ2) is 6.19. The average Bonchev–Trinajstić information content (AvgIpc) is 3.12. The van der Waals surface area contributed by atoms with Gasteiger partial charge in [-0.3, -0.25) is 4.79 Å². The monoisotopic (exact) mass is 343 g/mol. The zero-order valence-corrected chi connectivity index (χ0v) is 14.7. The van der Waals surface area contributed by atoms with Crippen molar-refractivity contribution in [2.75, 3.05) is 16.8 Å². The van der Waals surface area contributed by atoms with Gasteiger partial charge in [-0.2, -0.15) is 4.98 Å². The molecule has 0 saturated heterocycles. The topological polar surface area (TPSA) is 100 Å². The number of hydrogen-bond acceptors (Lipinski definition) is 5. The van der Waals surface area contributed by atoms with E-state index in [0.717, 1.165) is 17.7 Å². The SMILES string of the molecule is CC(=O)N1CCc2cc(NC(=O)NC(C)(C)c3nc(C)no3)ccc21. The van der Waals surface area contributed by atoms with Crippen molar-refractivity contribution in [1.82, 2.24) is 15.5 Å². The number of aromatic nitrogens is 2. The molecule has 2 heterocycles. The van der Waals surface area contributed by atoms with Crippen LogP contribution in [-0.2, 0) is 16.8 Å². The molecule has 0 bridgehead atoms. The van der Waals surface area contributed by atoms with E-state index < -0.39 is 5.54 Å². The van der Waals surface area contributed by atoms with Gasteiger partial charge >= 0.3 is 6.03 Å². The number of rotatable bonds is 3. The zero-order valence-electron chi connectivity index (χ0n) is 14.7. The lowest BCUT2D eigenvalue weighted by Gasteiger charge is -2.22. The van der Waals surface area contributed by atoms with Gasteiger partial charge in [0.05, 0.1) is 0 Å². The maximum atomic E-state index is 12.3. The maximum Gasteiger partial charge on any atom is 0.320 e. The van der Waals surface area contributed by atoms with Gasteiger partial charge < -0.3 is 20.1 Å². The summed E-state index contributed by atoms with van der Waals surface area (Å²) in [6, 6.07) is 5.15. The highest BCUT2D eigenvalue weighted by molar-refractivity contribution is 5.95. The van der Waals surface area contributed by atoms with Crippen LogP contribution in [0.4, 0.5) is 16.2 Å². The van der Waals surface area contributed by atoms with Crippen LogP contribution in [0.3, 0.4) is 0 Å². The first kappa shape index (κ1) is 16.9. The number of anilines is 2. The van der Waals surface area contributed by atoms with Gasteiger partial charge in [0.2, 0.25) is 5.91 Å². The van der Waals surface area contributed by atoms with Gasteiger partial charge in [-0.05, 0) is 51.0 Å². The molecule has 1 aliphatic rings. The Morgan fingerprint density at radius 2 is 2.08 bits per heavy atom. The van der Waals surface area contributed by atoms with Crippen molar-refractivity contribution in [3.05, 3.63) is 35.5 Å². The number of carbonyl (C=O) groups excluding carboxylic acids is 2. The fourth-order valence-electron chi connectivity index (χ4n) is 2.86. The Kier molecular flexibility index (Phi) is 4.20. The minimum absolute atomic E-state index is 0.0220. The summed E-state index contributed by atoms with van der Waals surface area (Å²) in [5, 5.41) is 9.37. The Morgan fingerprint density at radius 1 is 1.32 bits per heavy atom. The number of carbonyl (C=O) groups is 2. The van der Waals surface area contributed by atoms with Gasteiger partial charge in [-0.25, -0.2) is 4.79 Å². The van der Waals surface area contributed by atoms with Crippen LogP contribution in [0.1, 0.15) is 38.0 Å². The number of fused-ring (bicyclic) bond motifs is 1. The number of amides is 3. The lowest BCUT2D eigenvalue weighted by atomic mass is 10.1. The van der Waals surface area contributed by atoms with E-state index in [9.17, 15) is 9.59 Å². The minimum atomic E-state index is -0.798. The third-order valence-corrected chi connectivity index (χ3v) is 4.10. The van der Waals surface area contributed by atoms with Gasteiger partial charge in [0.1, 0.15) is 5.54 Å². The summed E-state index contributed by atoms with van der Waals surface area (Å²) in [5.74, 6) is 0.874. The Morgan fingerprint density at radius 3 is 2.72 bits per heavy atom. The number of urea groups is 1. The molecule has 3 rings (SSSR count). The van der Waals surface area contributed by atoms with Crippen molar-refractivity contribution in [2.24, 2.45) is 0 Å². The van der Waals surface area contributed by atoms with Gasteiger partial charge in [0.25, 0.3) is 5.89 Å². The second-order valence-corrected chi connectivity index (χ2v) is 6.62. The molecule has 25 heavy (non-hydrogen) atoms. The summed E-state index contributed by atoms with van der Waals surface area (Å²) in [4.78, 5) is 29.8. The first-order chi connectivity index (χ1) is 11.8. The third-order valence-electron chi connectivity index (χ3n) is 4.10. The highest BCUT2D eigenvalue weighted by Crippen LogP contribution is 2.30. The van der Waals surface area contributed by atoms with Crippen molar-refractivity contribution in [1.29, 1.82) is 0 Å². The number of benzene rings is 1. The first-order valence-electron chi connectivity index (χ1n) is 8.07. The Hall–Kier alpha value is -2.90. The molecule has 8 nitrogen and oxygen atoms in total. The largest absolute Gasteiger partial charge is 0.337 e. The number of nitrogens with one attached hydrogen (secondary N) is 2. The standard InChI is InChI=1S/C17H21N5O3/c1-10-18-15(25-21-10)17(3,4)20-16(24)19-13-5-6-14-12(9-13)7-8-22(14)11(2)23/h5-6,9H,7-8H2,1-4H3,(H2,19,20,24). The molecule has 8 heteroatoms. The van der Waals surface area contributed by atoms with Gasteiger partial charge in [0.15, 0.2) is 5.82 Å². The van der Waals surface area contributed by atoms with Crippen LogP contribution in [0.2, 0.25) is 0 Å². The molecule has 0 saturated carbocycles. The lowest BCUT2D eigenvalue weighted by Crippen LogP contribution is -2.43. The van der Waals surface area contributed by atoms with Crippen LogP contribution in [0.5, 0.6) is 0 Å². The van der Waals surface area contributed by atoms with Crippen molar-refractivity contribution < 1.29 is 14.1 Å². The minimum Gasteiger partial charge on any atom is -0.337 e. The quantitative estimate of drug-likeness (QED) is 0.891. The van der Waals surface area contributed by atoms with Crippen molar-refractivity contribution >= 4 is 23.3 Å². The van der Waals surface area contributed by atoms with Crippen LogP contribution in [0, 0.1) is 6.92 Å². The zero-order chi connectivity index (χ0) is 18.2. The number of nitrogens with zero attached hydrogens (tertiary/aromatic N) is 3. The number of hydrogen-bond donors (Lipinski definition) is 2. The summed E-state index contributed by atoms with van der Waals surface area (Å²) >= 11 is 0. The molecule has 0 atom stereocenters. The molecule has 1 aromatic carbocycles. The summed E-state index contributed by atoms with van der Waals surface area (Å²) in [5.41, 5.74) is 1.81. The summed E-state index contributed by atoms with van der Waals surface area (Å²) in [7, 11) is 0. The summed E-state index contributed by atoms with van der Waals surface area (Å²) < 4.78 is 5.13. The Labute approximate surface area is 145 Å². The molecule has 0 fully saturated rings. The third kappa shape index (κ3) is 3.47. The van der Waals surface area contributed by atoms with Crippen LogP contribution in [-0.4, -0.2) is 28.6 Å². The summed E-state index contributed by atoms with van der Waals surface area (Å²) in [6.07, 6.45) is 0.777. The molecular formula is C17H21N5O3. The predicted octanol–water partition coefficient (Wildman–Crippen LogP) is 2.34. The lowest BCUT2D eigenvalue weighted by molar-refractivity contribution is -0.116. The molecule has 0 unspecified atom stereocenters. The van der Waals surface area contributed by atoms with Crippen LogP contribution in [0.15, 0.2) is 22.7 Å². The average molecular weight is 343 g/mol. The van der Waals surface area contributed by atoms with Crippen LogP contribution < -0.4 is 15.5 Å². The van der Waals surface area contributed by atoms with E-state index >= 15 is 0 Å². The molecule has 2 aromatic rings. The molecule has 0 aliphatic carbocycles. The van der Waals surface area contributed by atoms with E-state index in [0.29, 0.717) is 23.9 Å². The molecule has 1 aliphatic heterocycles. The van der Waals surface area contributed by atoms with Crippen molar-refractivity contribution in [2.45, 2.75) is 39.7 Å². The van der Waals surface area contributed by atoms with E-state index in [1.54, 1.807) is 38.7 Å². The molecule has 1 aromatic heterocycles. The van der Waals surface area contributed by atoms with E-state index in [-0.39, 0.29) is 11.9 Å². The molecule has 132 valence electrons. The van der Waals surface area contributed by atoms with E-state index in [1.807, 2.05) is 12.1 Å². The van der Waals surface area contributed by atoms with Crippen LogP contribution >= 0.6 is 0 Å². The first-order valence-corrected chi connectivity index (χ1v) is 8.07. The highest BCUT2D eigenvalue weighted by Gasteiger charge is 2.29. The Balaban J connectivity index is 1.69. The smallest absolute Gasteiger partial charge is 0.320 e. The second-order valence-electron chi connectivity index (χ2n) is 6.62.